The molecule has 1 saturated heterocycles. The average Bonchev–Trinajstić information content (AvgIpc) is 3.30. The summed E-state index contributed by atoms with van der Waals surface area (Å²) in [7, 11) is 0. The molecule has 0 amide bonds. The maximum Gasteiger partial charge on any atom is 0.261 e. The summed E-state index contributed by atoms with van der Waals surface area (Å²) in [5.74, 6) is 0.701. The van der Waals surface area contributed by atoms with Crippen LogP contribution in [0.3, 0.4) is 0 Å². The third-order valence-corrected chi connectivity index (χ3v) is 4.65. The van der Waals surface area contributed by atoms with E-state index in [1.165, 1.54) is 0 Å². The molecule has 1 fully saturated rings. The summed E-state index contributed by atoms with van der Waals surface area (Å²) in [6.45, 7) is 1.62. The molecule has 1 aliphatic rings. The first-order valence-electron chi connectivity index (χ1n) is 8.39. The van der Waals surface area contributed by atoms with Gasteiger partial charge in [0.2, 0.25) is 0 Å². The van der Waals surface area contributed by atoms with Crippen LogP contribution in [0.1, 0.15) is 30.4 Å². The number of nitrogens with zero attached hydrogens (tertiary/aromatic N) is 5. The molecular formula is C17H19N5O3. The molecule has 8 nitrogen and oxygen atoms in total. The molecule has 3 heterocycles. The highest BCUT2D eigenvalue weighted by atomic mass is 16.6. The van der Waals surface area contributed by atoms with E-state index in [0.717, 1.165) is 25.1 Å². The Morgan fingerprint density at radius 1 is 1.32 bits per heavy atom. The van der Waals surface area contributed by atoms with Gasteiger partial charge < -0.3 is 5.11 Å². The second kappa shape index (κ2) is 6.73. The highest BCUT2D eigenvalue weighted by molar-refractivity contribution is 5.77. The van der Waals surface area contributed by atoms with E-state index in [-0.39, 0.29) is 24.8 Å². The van der Waals surface area contributed by atoms with E-state index in [1.54, 1.807) is 16.8 Å². The Hall–Kier alpha value is -2.58. The van der Waals surface area contributed by atoms with Crippen LogP contribution >= 0.6 is 0 Å². The van der Waals surface area contributed by atoms with Crippen molar-refractivity contribution in [3.63, 3.8) is 0 Å². The molecule has 8 heteroatoms. The van der Waals surface area contributed by atoms with Gasteiger partial charge in [-0.2, -0.15) is 0 Å². The fourth-order valence-electron chi connectivity index (χ4n) is 3.53. The van der Waals surface area contributed by atoms with Crippen molar-refractivity contribution in [1.82, 2.24) is 24.8 Å². The largest absolute Gasteiger partial charge is 0.395 e. The quantitative estimate of drug-likeness (QED) is 0.742. The topological polar surface area (TPSA) is 97.3 Å². The van der Waals surface area contributed by atoms with Crippen molar-refractivity contribution in [2.45, 2.75) is 32.0 Å². The predicted molar refractivity (Wildman–Crippen MR) is 89.8 cm³/mol. The second-order valence-corrected chi connectivity index (χ2v) is 6.19. The van der Waals surface area contributed by atoms with Gasteiger partial charge in [0.25, 0.3) is 5.56 Å². The Balaban J connectivity index is 1.78. The lowest BCUT2D eigenvalue weighted by Crippen LogP contribution is -2.33. The lowest BCUT2D eigenvalue weighted by atomic mass is 10.1. The number of fused-ring (bicyclic) bond motifs is 1. The Kier molecular flexibility index (Phi) is 4.29. The van der Waals surface area contributed by atoms with Gasteiger partial charge in [-0.15, -0.1) is 0 Å². The van der Waals surface area contributed by atoms with Gasteiger partial charge in [-0.25, -0.2) is 9.61 Å². The van der Waals surface area contributed by atoms with E-state index >= 15 is 0 Å². The summed E-state index contributed by atoms with van der Waals surface area (Å²) < 4.78 is 6.28. The molecule has 130 valence electrons. The van der Waals surface area contributed by atoms with Crippen LogP contribution in [0, 0.1) is 0 Å². The summed E-state index contributed by atoms with van der Waals surface area (Å²) in [6, 6.07) is 7.33. The first-order chi connectivity index (χ1) is 12.3. The Labute approximate surface area is 143 Å². The van der Waals surface area contributed by atoms with Crippen LogP contribution < -0.4 is 5.56 Å². The van der Waals surface area contributed by atoms with Crippen LogP contribution in [0.5, 0.6) is 0 Å². The van der Waals surface area contributed by atoms with Crippen molar-refractivity contribution in [3.05, 3.63) is 52.3 Å². The number of aromatic nitrogens is 4. The number of hydrogen-bond acceptors (Lipinski definition) is 7. The number of aliphatic hydroxyl groups is 1. The molecule has 1 aliphatic heterocycles. The van der Waals surface area contributed by atoms with Crippen LogP contribution in [0.15, 0.2) is 39.9 Å². The molecule has 1 unspecified atom stereocenters. The van der Waals surface area contributed by atoms with Crippen LogP contribution in [-0.4, -0.2) is 43.0 Å². The minimum Gasteiger partial charge on any atom is -0.395 e. The number of aliphatic hydroxyl groups excluding tert-OH is 1. The van der Waals surface area contributed by atoms with Crippen molar-refractivity contribution in [2.75, 3.05) is 13.2 Å². The van der Waals surface area contributed by atoms with Crippen molar-refractivity contribution in [3.8, 4) is 0 Å². The zero-order valence-electron chi connectivity index (χ0n) is 13.7. The first kappa shape index (κ1) is 15.9. The standard InChI is InChI=1S/C17H19N5O3/c23-9-8-22-16(19-14-5-2-1-4-13(14)17(22)24)15-6-3-7-21(15)11-12-10-18-25-20-12/h1-2,4-5,10,15,23H,3,6-9,11H2. The van der Waals surface area contributed by atoms with Crippen LogP contribution in [0.25, 0.3) is 10.9 Å². The fourth-order valence-corrected chi connectivity index (χ4v) is 3.53. The van der Waals surface area contributed by atoms with Crippen LogP contribution in [-0.2, 0) is 13.1 Å². The van der Waals surface area contributed by atoms with Crippen LogP contribution in [0.2, 0.25) is 0 Å². The maximum absolute atomic E-state index is 12.9. The maximum atomic E-state index is 12.9. The number of benzene rings is 1. The number of para-hydroxylation sites is 1. The molecule has 0 radical (unpaired) electrons. The van der Waals surface area contributed by atoms with E-state index in [1.807, 2.05) is 18.2 Å². The zero-order chi connectivity index (χ0) is 17.2. The van der Waals surface area contributed by atoms with Gasteiger partial charge in [-0.3, -0.25) is 14.3 Å². The van der Waals surface area contributed by atoms with Crippen molar-refractivity contribution >= 4 is 10.9 Å². The van der Waals surface area contributed by atoms with Gasteiger partial charge >= 0.3 is 0 Å². The summed E-state index contributed by atoms with van der Waals surface area (Å²) in [4.78, 5) is 19.9. The molecule has 3 aromatic rings. The van der Waals surface area contributed by atoms with Crippen molar-refractivity contribution < 1.29 is 9.74 Å². The van der Waals surface area contributed by atoms with Gasteiger partial charge in [0.05, 0.1) is 36.3 Å². The van der Waals surface area contributed by atoms with E-state index < -0.39 is 0 Å². The lowest BCUT2D eigenvalue weighted by Gasteiger charge is -2.25. The molecule has 25 heavy (non-hydrogen) atoms. The van der Waals surface area contributed by atoms with E-state index in [2.05, 4.69) is 19.8 Å². The minimum atomic E-state index is -0.107. The highest BCUT2D eigenvalue weighted by Gasteiger charge is 2.30. The van der Waals surface area contributed by atoms with Gasteiger partial charge in [0, 0.05) is 6.54 Å². The molecule has 1 aromatic carbocycles. The average molecular weight is 341 g/mol. The van der Waals surface area contributed by atoms with Gasteiger partial charge in [0.15, 0.2) is 0 Å². The Bertz CT molecular complexity index is 922. The predicted octanol–water partition coefficient (Wildman–Crippen LogP) is 1.11. The fraction of sp³-hybridized carbons (Fsp3) is 0.412. The number of likely N-dealkylation sites (tertiary alicyclic amines) is 1. The van der Waals surface area contributed by atoms with Gasteiger partial charge in [-0.1, -0.05) is 22.4 Å². The minimum absolute atomic E-state index is 0.000515. The van der Waals surface area contributed by atoms with Crippen molar-refractivity contribution in [1.29, 1.82) is 0 Å². The van der Waals surface area contributed by atoms with E-state index in [9.17, 15) is 9.90 Å². The molecule has 4 rings (SSSR count). The molecular weight excluding hydrogens is 322 g/mol. The van der Waals surface area contributed by atoms with E-state index in [0.29, 0.717) is 23.3 Å². The monoisotopic (exact) mass is 341 g/mol. The van der Waals surface area contributed by atoms with E-state index in [4.69, 9.17) is 4.98 Å². The van der Waals surface area contributed by atoms with Gasteiger partial charge in [-0.05, 0) is 31.5 Å². The molecule has 1 N–H and O–H groups in total. The number of rotatable bonds is 5. The molecule has 0 saturated carbocycles. The Morgan fingerprint density at radius 3 is 3.00 bits per heavy atom. The molecule has 0 aliphatic carbocycles. The smallest absolute Gasteiger partial charge is 0.261 e. The van der Waals surface area contributed by atoms with Crippen LogP contribution in [0.4, 0.5) is 0 Å². The molecule has 0 spiro atoms. The molecule has 1 atom stereocenters. The van der Waals surface area contributed by atoms with Gasteiger partial charge in [0.1, 0.15) is 11.5 Å². The number of hydrogen-bond donors (Lipinski definition) is 1. The summed E-state index contributed by atoms with van der Waals surface area (Å²) in [5.41, 5.74) is 1.33. The second-order valence-electron chi connectivity index (χ2n) is 6.19. The Morgan fingerprint density at radius 2 is 2.20 bits per heavy atom. The summed E-state index contributed by atoms with van der Waals surface area (Å²) in [6.07, 6.45) is 3.52. The SMILES string of the molecule is O=c1c2ccccc2nc(C2CCCN2Cc2cnon2)n1CCO. The molecule has 0 bridgehead atoms. The first-order valence-corrected chi connectivity index (χ1v) is 8.39. The summed E-state index contributed by atoms with van der Waals surface area (Å²) >= 11 is 0. The third kappa shape index (κ3) is 2.94. The zero-order valence-corrected chi connectivity index (χ0v) is 13.7. The van der Waals surface area contributed by atoms with Crippen molar-refractivity contribution in [2.24, 2.45) is 0 Å². The summed E-state index contributed by atoms with van der Waals surface area (Å²) in [5, 5.41) is 17.5. The highest BCUT2D eigenvalue weighted by Crippen LogP contribution is 2.32. The molecule has 2 aromatic heterocycles. The lowest BCUT2D eigenvalue weighted by molar-refractivity contribution is 0.215. The third-order valence-electron chi connectivity index (χ3n) is 4.65. The normalized spacial score (nSPS) is 18.2.